The Hall–Kier alpha value is -2.53. The second-order valence-electron chi connectivity index (χ2n) is 6.87. The first-order valence-corrected chi connectivity index (χ1v) is 9.42. The van der Waals surface area contributed by atoms with E-state index in [9.17, 15) is 9.90 Å². The van der Waals surface area contributed by atoms with Crippen molar-refractivity contribution in [1.29, 1.82) is 0 Å². The van der Waals surface area contributed by atoms with Crippen molar-refractivity contribution in [2.75, 3.05) is 20.3 Å². The van der Waals surface area contributed by atoms with Crippen LogP contribution in [-0.4, -0.2) is 30.0 Å². The Balaban J connectivity index is 2.14. The van der Waals surface area contributed by atoms with Crippen molar-refractivity contribution in [3.8, 4) is 17.0 Å². The SMILES string of the molecule is C=C(O)c1cn2c(cc1=O)-c1cc(CC)c(OCCOC)cc1CC2CC. The molecule has 27 heavy (non-hydrogen) atoms. The summed E-state index contributed by atoms with van der Waals surface area (Å²) in [4.78, 5) is 12.5. The highest BCUT2D eigenvalue weighted by atomic mass is 16.5. The van der Waals surface area contributed by atoms with Crippen LogP contribution < -0.4 is 10.2 Å². The summed E-state index contributed by atoms with van der Waals surface area (Å²) in [7, 11) is 1.66. The number of benzene rings is 1. The first-order valence-electron chi connectivity index (χ1n) is 9.42. The Morgan fingerprint density at radius 3 is 2.70 bits per heavy atom. The average molecular weight is 369 g/mol. The third-order valence-electron chi connectivity index (χ3n) is 5.20. The topological polar surface area (TPSA) is 60.7 Å². The molecule has 0 saturated heterocycles. The summed E-state index contributed by atoms with van der Waals surface area (Å²) in [6.45, 7) is 8.80. The van der Waals surface area contributed by atoms with E-state index in [0.29, 0.717) is 13.2 Å². The number of fused-ring (bicyclic) bond motifs is 3. The summed E-state index contributed by atoms with van der Waals surface area (Å²) < 4.78 is 13.1. The Bertz CT molecular complexity index is 913. The van der Waals surface area contributed by atoms with Crippen LogP contribution in [0.3, 0.4) is 0 Å². The van der Waals surface area contributed by atoms with Gasteiger partial charge in [-0.05, 0) is 42.5 Å². The molecule has 0 aliphatic carbocycles. The van der Waals surface area contributed by atoms with E-state index >= 15 is 0 Å². The zero-order valence-electron chi connectivity index (χ0n) is 16.2. The van der Waals surface area contributed by atoms with E-state index in [1.54, 1.807) is 19.4 Å². The van der Waals surface area contributed by atoms with Gasteiger partial charge in [-0.1, -0.05) is 20.4 Å². The first-order chi connectivity index (χ1) is 13.0. The summed E-state index contributed by atoms with van der Waals surface area (Å²) in [5.41, 5.74) is 4.28. The van der Waals surface area contributed by atoms with Crippen LogP contribution in [0.5, 0.6) is 5.75 Å². The molecule has 0 saturated carbocycles. The first kappa shape index (κ1) is 19.2. The lowest BCUT2D eigenvalue weighted by Crippen LogP contribution is -2.23. The normalized spacial score (nSPS) is 15.1. The Kier molecular flexibility index (Phi) is 5.71. The average Bonchev–Trinajstić information content (AvgIpc) is 2.66. The summed E-state index contributed by atoms with van der Waals surface area (Å²) in [6, 6.07) is 6.06. The van der Waals surface area contributed by atoms with Crippen molar-refractivity contribution in [1.82, 2.24) is 4.57 Å². The molecular formula is C22H27NO4. The van der Waals surface area contributed by atoms with Crippen LogP contribution in [0, 0.1) is 0 Å². The van der Waals surface area contributed by atoms with Crippen molar-refractivity contribution in [2.24, 2.45) is 0 Å². The minimum Gasteiger partial charge on any atom is -0.508 e. The standard InChI is InChI=1S/C22H27NO4/c1-5-15-10-18-16(11-22(15)27-8-7-26-4)9-17(6-2)23-13-19(14(3)24)21(25)12-20(18)23/h10-13,17,24H,3,5-9H2,1-2,4H3. The molecule has 1 atom stereocenters. The number of rotatable bonds is 7. The van der Waals surface area contributed by atoms with E-state index in [2.05, 4.69) is 37.1 Å². The molecule has 0 amide bonds. The second kappa shape index (κ2) is 8.01. The molecule has 5 nitrogen and oxygen atoms in total. The molecule has 0 radical (unpaired) electrons. The lowest BCUT2D eigenvalue weighted by atomic mass is 9.89. The van der Waals surface area contributed by atoms with Gasteiger partial charge >= 0.3 is 0 Å². The van der Waals surface area contributed by atoms with Crippen LogP contribution in [0.25, 0.3) is 17.0 Å². The number of nitrogens with zero attached hydrogens (tertiary/aromatic N) is 1. The third-order valence-corrected chi connectivity index (χ3v) is 5.20. The van der Waals surface area contributed by atoms with Crippen molar-refractivity contribution >= 4 is 5.76 Å². The fourth-order valence-electron chi connectivity index (χ4n) is 3.70. The maximum Gasteiger partial charge on any atom is 0.193 e. The van der Waals surface area contributed by atoms with Crippen LogP contribution in [0.2, 0.25) is 0 Å². The number of aliphatic hydroxyl groups excluding tert-OH is 1. The number of aryl methyl sites for hydroxylation is 1. The van der Waals surface area contributed by atoms with Crippen molar-refractivity contribution in [2.45, 2.75) is 39.2 Å². The minimum absolute atomic E-state index is 0.188. The monoisotopic (exact) mass is 369 g/mol. The summed E-state index contributed by atoms with van der Waals surface area (Å²) in [5, 5.41) is 9.75. The van der Waals surface area contributed by atoms with Gasteiger partial charge < -0.3 is 19.1 Å². The molecule has 0 spiro atoms. The van der Waals surface area contributed by atoms with Gasteiger partial charge in [0.25, 0.3) is 0 Å². The number of hydrogen-bond acceptors (Lipinski definition) is 4. The van der Waals surface area contributed by atoms with Gasteiger partial charge in [0.05, 0.1) is 17.9 Å². The minimum atomic E-state index is -0.213. The van der Waals surface area contributed by atoms with Gasteiger partial charge in [-0.2, -0.15) is 0 Å². The zero-order chi connectivity index (χ0) is 19.6. The van der Waals surface area contributed by atoms with Gasteiger partial charge in [-0.15, -0.1) is 0 Å². The van der Waals surface area contributed by atoms with Crippen molar-refractivity contribution in [3.05, 3.63) is 57.9 Å². The lowest BCUT2D eigenvalue weighted by molar-refractivity contribution is 0.145. The molecule has 1 unspecified atom stereocenters. The molecular weight excluding hydrogens is 342 g/mol. The van der Waals surface area contributed by atoms with Crippen molar-refractivity contribution < 1.29 is 14.6 Å². The zero-order valence-corrected chi connectivity index (χ0v) is 16.2. The van der Waals surface area contributed by atoms with Crippen LogP contribution in [-0.2, 0) is 17.6 Å². The van der Waals surface area contributed by atoms with E-state index in [-0.39, 0.29) is 22.8 Å². The second-order valence-corrected chi connectivity index (χ2v) is 6.87. The Labute approximate surface area is 159 Å². The number of methoxy groups -OCH3 is 1. The van der Waals surface area contributed by atoms with Crippen LogP contribution in [0.15, 0.2) is 35.8 Å². The molecule has 5 heteroatoms. The highest BCUT2D eigenvalue weighted by Gasteiger charge is 2.25. The van der Waals surface area contributed by atoms with E-state index in [1.165, 1.54) is 5.56 Å². The molecule has 0 bridgehead atoms. The molecule has 0 fully saturated rings. The van der Waals surface area contributed by atoms with E-state index in [4.69, 9.17) is 9.47 Å². The lowest BCUT2D eigenvalue weighted by Gasteiger charge is -2.31. The number of ether oxygens (including phenoxy) is 2. The van der Waals surface area contributed by atoms with E-state index < -0.39 is 0 Å². The Morgan fingerprint density at radius 2 is 2.07 bits per heavy atom. The van der Waals surface area contributed by atoms with Gasteiger partial charge in [-0.25, -0.2) is 0 Å². The molecule has 1 aromatic carbocycles. The Morgan fingerprint density at radius 1 is 1.30 bits per heavy atom. The predicted molar refractivity (Wildman–Crippen MR) is 108 cm³/mol. The maximum atomic E-state index is 12.5. The van der Waals surface area contributed by atoms with E-state index in [0.717, 1.165) is 41.8 Å². The number of aromatic nitrogens is 1. The van der Waals surface area contributed by atoms with Gasteiger partial charge in [0.2, 0.25) is 0 Å². The number of pyridine rings is 1. The van der Waals surface area contributed by atoms with Gasteiger partial charge in [-0.3, -0.25) is 4.79 Å². The molecule has 1 aromatic heterocycles. The molecule has 1 aliphatic heterocycles. The van der Waals surface area contributed by atoms with Gasteiger partial charge in [0, 0.05) is 31.0 Å². The van der Waals surface area contributed by atoms with Crippen LogP contribution >= 0.6 is 0 Å². The molecule has 1 N–H and O–H groups in total. The molecule has 2 heterocycles. The number of aliphatic hydroxyl groups is 1. The highest BCUT2D eigenvalue weighted by Crippen LogP contribution is 2.39. The maximum absolute atomic E-state index is 12.5. The summed E-state index contributed by atoms with van der Waals surface area (Å²) >= 11 is 0. The fourth-order valence-corrected chi connectivity index (χ4v) is 3.70. The third kappa shape index (κ3) is 3.65. The summed E-state index contributed by atoms with van der Waals surface area (Å²) in [5.74, 6) is 0.700. The summed E-state index contributed by atoms with van der Waals surface area (Å²) in [6.07, 6.45) is 4.35. The molecule has 144 valence electrons. The van der Waals surface area contributed by atoms with Gasteiger partial charge in [0.1, 0.15) is 18.1 Å². The van der Waals surface area contributed by atoms with E-state index in [1.807, 2.05) is 0 Å². The number of hydrogen-bond donors (Lipinski definition) is 1. The predicted octanol–water partition coefficient (Wildman–Crippen LogP) is 4.14. The smallest absolute Gasteiger partial charge is 0.193 e. The molecule has 2 aromatic rings. The van der Waals surface area contributed by atoms with Crippen LogP contribution in [0.4, 0.5) is 0 Å². The van der Waals surface area contributed by atoms with Crippen molar-refractivity contribution in [3.63, 3.8) is 0 Å². The fraction of sp³-hybridized carbons (Fsp3) is 0.409. The quantitative estimate of drug-likeness (QED) is 0.589. The highest BCUT2D eigenvalue weighted by molar-refractivity contribution is 5.70. The molecule has 1 aliphatic rings. The van der Waals surface area contributed by atoms with Crippen LogP contribution in [0.1, 0.15) is 43.0 Å². The van der Waals surface area contributed by atoms with Gasteiger partial charge in [0.15, 0.2) is 5.43 Å². The largest absolute Gasteiger partial charge is 0.508 e. The molecule has 3 rings (SSSR count).